The van der Waals surface area contributed by atoms with Crippen molar-refractivity contribution in [2.45, 2.75) is 64.8 Å². The Bertz CT molecular complexity index is 1030. The van der Waals surface area contributed by atoms with Gasteiger partial charge in [0.15, 0.2) is 0 Å². The molecule has 7 nitrogen and oxygen atoms in total. The van der Waals surface area contributed by atoms with Crippen molar-refractivity contribution < 1.29 is 17.6 Å². The molecule has 1 aliphatic heterocycles. The van der Waals surface area contributed by atoms with Gasteiger partial charge in [0.05, 0.1) is 17.2 Å². The number of sulfonamides is 1. The third-order valence-electron chi connectivity index (χ3n) is 6.79. The Morgan fingerprint density at radius 2 is 1.62 bits per heavy atom. The third-order valence-corrected chi connectivity index (χ3v) is 8.52. The van der Waals surface area contributed by atoms with Gasteiger partial charge in [0.1, 0.15) is 5.76 Å². The quantitative estimate of drug-likeness (QED) is 0.597. The summed E-state index contributed by atoms with van der Waals surface area (Å²) in [4.78, 5) is 15.1. The molecule has 176 valence electrons. The van der Waals surface area contributed by atoms with Crippen LogP contribution >= 0.6 is 0 Å². The molecule has 1 atom stereocenters. The van der Waals surface area contributed by atoms with E-state index in [0.717, 1.165) is 59.5 Å². The van der Waals surface area contributed by atoms with Gasteiger partial charge in [0.25, 0.3) is 0 Å². The van der Waals surface area contributed by atoms with Crippen molar-refractivity contribution in [3.63, 3.8) is 0 Å². The second-order valence-corrected chi connectivity index (χ2v) is 10.4. The molecule has 0 saturated carbocycles. The van der Waals surface area contributed by atoms with E-state index in [1.54, 1.807) is 6.26 Å². The molecule has 0 bridgehead atoms. The summed E-state index contributed by atoms with van der Waals surface area (Å²) in [7, 11) is -3.71. The van der Waals surface area contributed by atoms with Gasteiger partial charge in [0.2, 0.25) is 15.9 Å². The Morgan fingerprint density at radius 1 is 1.03 bits per heavy atom. The van der Waals surface area contributed by atoms with Crippen molar-refractivity contribution in [1.29, 1.82) is 0 Å². The fraction of sp³-hybridized carbons (Fsp3) is 0.542. The lowest BCUT2D eigenvalue weighted by Crippen LogP contribution is -2.38. The first kappa shape index (κ1) is 24.5. The number of carbonyl (C=O) groups excluding carboxylic acids is 1. The molecule has 2 N–H and O–H groups in total. The normalized spacial score (nSPS) is 15.8. The topological polar surface area (TPSA) is 91.6 Å². The first-order valence-corrected chi connectivity index (χ1v) is 12.7. The van der Waals surface area contributed by atoms with E-state index in [0.29, 0.717) is 11.4 Å². The van der Waals surface area contributed by atoms with Crippen LogP contribution in [-0.4, -0.2) is 45.4 Å². The molecule has 1 amide bonds. The molecule has 1 aliphatic rings. The average molecular weight is 462 g/mol. The number of furan rings is 1. The third kappa shape index (κ3) is 5.24. The Balaban J connectivity index is 1.59. The van der Waals surface area contributed by atoms with Crippen molar-refractivity contribution in [3.05, 3.63) is 52.0 Å². The molecule has 1 aromatic heterocycles. The highest BCUT2D eigenvalue weighted by atomic mass is 32.2. The van der Waals surface area contributed by atoms with Crippen LogP contribution in [0.5, 0.6) is 0 Å². The monoisotopic (exact) mass is 461 g/mol. The number of benzene rings is 1. The standard InChI is InChI=1S/C24H35N3O4S/c1-16-17(2)19(4)24(20(5)18(16)3)32(29,30)26-11-10-23(28)25-15-21(22-9-8-14-31-22)27-12-6-7-13-27/h8-9,14,21,26H,6-7,10-13,15H2,1-5H3,(H,25,28). The van der Waals surface area contributed by atoms with Gasteiger partial charge >= 0.3 is 0 Å². The molecule has 1 unspecified atom stereocenters. The fourth-order valence-electron chi connectivity index (χ4n) is 4.48. The molecule has 0 aliphatic carbocycles. The smallest absolute Gasteiger partial charge is 0.241 e. The molecule has 1 aromatic carbocycles. The van der Waals surface area contributed by atoms with Gasteiger partial charge in [-0.3, -0.25) is 9.69 Å². The first-order chi connectivity index (χ1) is 15.1. The summed E-state index contributed by atoms with van der Waals surface area (Å²) in [5.41, 5.74) is 4.60. The van der Waals surface area contributed by atoms with Crippen LogP contribution in [0, 0.1) is 34.6 Å². The minimum atomic E-state index is -3.71. The second kappa shape index (κ2) is 10.2. The summed E-state index contributed by atoms with van der Waals surface area (Å²) in [6, 6.07) is 3.78. The second-order valence-electron chi connectivity index (χ2n) is 8.68. The number of nitrogens with one attached hydrogen (secondary N) is 2. The number of carbonyl (C=O) groups is 1. The lowest BCUT2D eigenvalue weighted by Gasteiger charge is -2.26. The van der Waals surface area contributed by atoms with Crippen LogP contribution in [0.15, 0.2) is 27.7 Å². The number of hydrogen-bond donors (Lipinski definition) is 2. The zero-order valence-corrected chi connectivity index (χ0v) is 20.6. The van der Waals surface area contributed by atoms with E-state index < -0.39 is 10.0 Å². The molecular formula is C24H35N3O4S. The molecule has 3 rings (SSSR count). The summed E-state index contributed by atoms with van der Waals surface area (Å²) < 4.78 is 34.2. The molecule has 1 fully saturated rings. The van der Waals surface area contributed by atoms with Gasteiger partial charge in [-0.15, -0.1) is 0 Å². The van der Waals surface area contributed by atoms with Crippen molar-refractivity contribution >= 4 is 15.9 Å². The van der Waals surface area contributed by atoms with Crippen molar-refractivity contribution in [1.82, 2.24) is 14.9 Å². The Kier molecular flexibility index (Phi) is 7.79. The van der Waals surface area contributed by atoms with Crippen LogP contribution in [0.1, 0.15) is 58.9 Å². The Labute approximate surface area is 191 Å². The zero-order chi connectivity index (χ0) is 23.5. The summed E-state index contributed by atoms with van der Waals surface area (Å²) in [5, 5.41) is 2.95. The maximum absolute atomic E-state index is 13.0. The molecule has 8 heteroatoms. The largest absolute Gasteiger partial charge is 0.468 e. The minimum Gasteiger partial charge on any atom is -0.468 e. The number of rotatable bonds is 9. The van der Waals surface area contributed by atoms with Crippen LogP contribution in [0.25, 0.3) is 0 Å². The fourth-order valence-corrected chi connectivity index (χ4v) is 6.11. The van der Waals surface area contributed by atoms with Gasteiger partial charge in [-0.05, 0) is 100 Å². The minimum absolute atomic E-state index is 0.00282. The van der Waals surface area contributed by atoms with Gasteiger partial charge in [-0.2, -0.15) is 0 Å². The van der Waals surface area contributed by atoms with Crippen LogP contribution in [0.4, 0.5) is 0 Å². The SMILES string of the molecule is Cc1c(C)c(C)c(S(=O)(=O)NCCC(=O)NCC(c2ccco2)N2CCCC2)c(C)c1C. The molecular weight excluding hydrogens is 426 g/mol. The highest BCUT2D eigenvalue weighted by Crippen LogP contribution is 2.29. The Hall–Kier alpha value is -2.16. The highest BCUT2D eigenvalue weighted by Gasteiger charge is 2.26. The van der Waals surface area contributed by atoms with Crippen LogP contribution in [0.3, 0.4) is 0 Å². The number of nitrogens with zero attached hydrogens (tertiary/aromatic N) is 1. The average Bonchev–Trinajstić information content (AvgIpc) is 3.46. The highest BCUT2D eigenvalue weighted by molar-refractivity contribution is 7.89. The van der Waals surface area contributed by atoms with E-state index in [-0.39, 0.29) is 24.9 Å². The molecule has 0 spiro atoms. The van der Waals surface area contributed by atoms with E-state index in [4.69, 9.17) is 4.42 Å². The lowest BCUT2D eigenvalue weighted by atomic mass is 9.95. The van der Waals surface area contributed by atoms with Gasteiger partial charge in [-0.25, -0.2) is 13.1 Å². The van der Waals surface area contributed by atoms with Gasteiger partial charge < -0.3 is 9.73 Å². The van der Waals surface area contributed by atoms with Crippen molar-refractivity contribution in [3.8, 4) is 0 Å². The first-order valence-electron chi connectivity index (χ1n) is 11.2. The van der Waals surface area contributed by atoms with Crippen LogP contribution in [0.2, 0.25) is 0 Å². The Morgan fingerprint density at radius 3 is 2.19 bits per heavy atom. The van der Waals surface area contributed by atoms with E-state index in [9.17, 15) is 13.2 Å². The maximum Gasteiger partial charge on any atom is 0.241 e. The van der Waals surface area contributed by atoms with E-state index in [1.807, 2.05) is 46.8 Å². The number of amides is 1. The van der Waals surface area contributed by atoms with E-state index in [1.165, 1.54) is 0 Å². The zero-order valence-electron chi connectivity index (χ0n) is 19.7. The van der Waals surface area contributed by atoms with Gasteiger partial charge in [0, 0.05) is 19.5 Å². The summed E-state index contributed by atoms with van der Waals surface area (Å²) in [6.45, 7) is 12.0. The van der Waals surface area contributed by atoms with Crippen LogP contribution < -0.4 is 10.0 Å². The summed E-state index contributed by atoms with van der Waals surface area (Å²) in [6.07, 6.45) is 4.01. The van der Waals surface area contributed by atoms with Crippen molar-refractivity contribution in [2.24, 2.45) is 0 Å². The van der Waals surface area contributed by atoms with Gasteiger partial charge in [-0.1, -0.05) is 0 Å². The summed E-state index contributed by atoms with van der Waals surface area (Å²) in [5.74, 6) is 0.650. The van der Waals surface area contributed by atoms with E-state index in [2.05, 4.69) is 14.9 Å². The van der Waals surface area contributed by atoms with Crippen molar-refractivity contribution in [2.75, 3.05) is 26.2 Å². The molecule has 2 aromatic rings. The number of likely N-dealkylation sites (tertiary alicyclic amines) is 1. The maximum atomic E-state index is 13.0. The predicted molar refractivity (Wildman–Crippen MR) is 125 cm³/mol. The molecule has 1 saturated heterocycles. The molecule has 32 heavy (non-hydrogen) atoms. The summed E-state index contributed by atoms with van der Waals surface area (Å²) >= 11 is 0. The van der Waals surface area contributed by atoms with Crippen LogP contribution in [-0.2, 0) is 14.8 Å². The lowest BCUT2D eigenvalue weighted by molar-refractivity contribution is -0.121. The molecule has 0 radical (unpaired) electrons. The van der Waals surface area contributed by atoms with E-state index >= 15 is 0 Å². The predicted octanol–water partition coefficient (Wildman–Crippen LogP) is 3.44. The molecule has 2 heterocycles. The number of hydrogen-bond acceptors (Lipinski definition) is 5.